The van der Waals surface area contributed by atoms with Crippen LogP contribution in [0.3, 0.4) is 0 Å². The number of carbonyl (C=O) groups excluding carboxylic acids is 3. The summed E-state index contributed by atoms with van der Waals surface area (Å²) in [5, 5.41) is 11.9. The Kier molecular flexibility index (Phi) is 4.75. The topological polar surface area (TPSA) is 92.3 Å². The number of anilines is 1. The highest BCUT2D eigenvalue weighted by Crippen LogP contribution is 2.35. The molecular weight excluding hydrogens is 328 g/mol. The van der Waals surface area contributed by atoms with Gasteiger partial charge in [-0.25, -0.2) is 0 Å². The molecule has 0 saturated carbocycles. The van der Waals surface area contributed by atoms with E-state index in [4.69, 9.17) is 0 Å². The third kappa shape index (κ3) is 3.24. The van der Waals surface area contributed by atoms with Gasteiger partial charge in [-0.3, -0.25) is 19.3 Å². The van der Waals surface area contributed by atoms with Gasteiger partial charge >= 0.3 is 0 Å². The first-order valence-corrected chi connectivity index (χ1v) is 8.92. The number of amides is 3. The van der Waals surface area contributed by atoms with Crippen molar-refractivity contribution in [3.05, 3.63) is 17.2 Å². The van der Waals surface area contributed by atoms with E-state index >= 15 is 0 Å². The van der Waals surface area contributed by atoms with Crippen LogP contribution in [0.2, 0.25) is 0 Å². The Bertz CT molecular complexity index is 671. The normalized spacial score (nSPS) is 23.0. The lowest BCUT2D eigenvalue weighted by molar-refractivity contribution is -0.140. The van der Waals surface area contributed by atoms with Crippen LogP contribution in [0.15, 0.2) is 12.2 Å². The van der Waals surface area contributed by atoms with Gasteiger partial charge < -0.3 is 5.32 Å². The number of nitrogens with zero attached hydrogens (tertiary/aromatic N) is 3. The number of nitrogens with one attached hydrogen (secondary N) is 1. The highest BCUT2D eigenvalue weighted by Gasteiger charge is 2.46. The number of aromatic nitrogens is 2. The first-order chi connectivity index (χ1) is 11.5. The summed E-state index contributed by atoms with van der Waals surface area (Å²) in [7, 11) is 0. The molecule has 3 amide bonds. The molecule has 8 heteroatoms. The maximum absolute atomic E-state index is 12.3. The van der Waals surface area contributed by atoms with Crippen molar-refractivity contribution >= 4 is 34.2 Å². The number of allylic oxidation sites excluding steroid dienone is 2. The number of hydrogen-bond donors (Lipinski definition) is 1. The van der Waals surface area contributed by atoms with Gasteiger partial charge in [0.1, 0.15) is 5.01 Å². The van der Waals surface area contributed by atoms with Crippen molar-refractivity contribution in [1.29, 1.82) is 0 Å². The van der Waals surface area contributed by atoms with Crippen LogP contribution in [0.25, 0.3) is 0 Å². The van der Waals surface area contributed by atoms with Gasteiger partial charge in [0.05, 0.1) is 11.8 Å². The van der Waals surface area contributed by atoms with Crippen molar-refractivity contribution in [3.8, 4) is 0 Å². The molecule has 128 valence electrons. The van der Waals surface area contributed by atoms with E-state index in [0.29, 0.717) is 18.0 Å². The molecule has 2 heterocycles. The Morgan fingerprint density at radius 2 is 1.88 bits per heavy atom. The van der Waals surface area contributed by atoms with Gasteiger partial charge in [0, 0.05) is 18.9 Å². The van der Waals surface area contributed by atoms with Gasteiger partial charge in [-0.2, -0.15) is 0 Å². The molecule has 0 bridgehead atoms. The van der Waals surface area contributed by atoms with Crippen molar-refractivity contribution in [1.82, 2.24) is 15.1 Å². The van der Waals surface area contributed by atoms with Crippen molar-refractivity contribution in [2.75, 3.05) is 11.9 Å². The maximum Gasteiger partial charge on any atom is 0.233 e. The Hall–Kier alpha value is -2.09. The van der Waals surface area contributed by atoms with E-state index in [1.807, 2.05) is 26.0 Å². The lowest BCUT2D eigenvalue weighted by Gasteiger charge is -2.14. The molecule has 1 aromatic rings. The second-order valence-electron chi connectivity index (χ2n) is 6.38. The summed E-state index contributed by atoms with van der Waals surface area (Å²) in [4.78, 5) is 37.9. The predicted octanol–water partition coefficient (Wildman–Crippen LogP) is 1.94. The number of imide groups is 1. The summed E-state index contributed by atoms with van der Waals surface area (Å²) in [5.41, 5.74) is 0. The molecule has 0 radical (unpaired) electrons. The van der Waals surface area contributed by atoms with Gasteiger partial charge in [0.2, 0.25) is 22.9 Å². The molecule has 0 aromatic carbocycles. The molecule has 1 aromatic heterocycles. The lowest BCUT2D eigenvalue weighted by atomic mass is 9.85. The average Bonchev–Trinajstić information content (AvgIpc) is 3.11. The molecule has 2 aliphatic rings. The van der Waals surface area contributed by atoms with Crippen molar-refractivity contribution < 1.29 is 14.4 Å². The molecule has 1 saturated heterocycles. The summed E-state index contributed by atoms with van der Waals surface area (Å²) in [6.45, 7) is 4.13. The summed E-state index contributed by atoms with van der Waals surface area (Å²) < 4.78 is 0. The second-order valence-corrected chi connectivity index (χ2v) is 7.39. The van der Waals surface area contributed by atoms with Crippen LogP contribution in [-0.2, 0) is 14.4 Å². The van der Waals surface area contributed by atoms with E-state index in [1.165, 1.54) is 16.2 Å². The number of fused-ring (bicyclic) bond motifs is 1. The fourth-order valence-corrected chi connectivity index (χ4v) is 3.76. The fraction of sp³-hybridized carbons (Fsp3) is 0.562. The van der Waals surface area contributed by atoms with Crippen molar-refractivity contribution in [3.63, 3.8) is 0 Å². The smallest absolute Gasteiger partial charge is 0.233 e. The molecule has 0 unspecified atom stereocenters. The monoisotopic (exact) mass is 348 g/mol. The molecule has 1 aliphatic heterocycles. The van der Waals surface area contributed by atoms with Crippen LogP contribution < -0.4 is 5.32 Å². The van der Waals surface area contributed by atoms with Crippen LogP contribution in [-0.4, -0.2) is 39.4 Å². The minimum atomic E-state index is -0.268. The second kappa shape index (κ2) is 6.80. The van der Waals surface area contributed by atoms with E-state index in [2.05, 4.69) is 15.5 Å². The fourth-order valence-electron chi connectivity index (χ4n) is 3.00. The summed E-state index contributed by atoms with van der Waals surface area (Å²) in [6, 6.07) is 0. The minimum absolute atomic E-state index is 0.0704. The Morgan fingerprint density at radius 3 is 2.42 bits per heavy atom. The number of rotatable bonds is 5. The zero-order chi connectivity index (χ0) is 17.3. The van der Waals surface area contributed by atoms with Gasteiger partial charge in [0.25, 0.3) is 0 Å². The van der Waals surface area contributed by atoms with E-state index < -0.39 is 0 Å². The summed E-state index contributed by atoms with van der Waals surface area (Å²) in [5.74, 6) is -0.815. The van der Waals surface area contributed by atoms with E-state index in [-0.39, 0.29) is 48.4 Å². The van der Waals surface area contributed by atoms with Crippen LogP contribution in [0.1, 0.15) is 44.0 Å². The maximum atomic E-state index is 12.3. The summed E-state index contributed by atoms with van der Waals surface area (Å²) >= 11 is 1.33. The standard InChI is InChI=1S/C16H20N4O3S/c1-9(2)13-18-19-16(24-13)17-12(21)7-8-20-14(22)10-5-3-4-6-11(10)15(20)23/h3-4,9-11H,5-8H2,1-2H3,(H,17,19,21)/t10-,11-/m1/s1. The number of hydrogen-bond acceptors (Lipinski definition) is 6. The molecule has 1 fully saturated rings. The first kappa shape index (κ1) is 16.8. The Balaban J connectivity index is 1.54. The predicted molar refractivity (Wildman–Crippen MR) is 89.3 cm³/mol. The van der Waals surface area contributed by atoms with Crippen molar-refractivity contribution in [2.45, 2.75) is 39.0 Å². The van der Waals surface area contributed by atoms with E-state index in [0.717, 1.165) is 5.01 Å². The van der Waals surface area contributed by atoms with Crippen LogP contribution in [0.5, 0.6) is 0 Å². The average molecular weight is 348 g/mol. The Labute approximate surface area is 144 Å². The third-order valence-electron chi connectivity index (χ3n) is 4.34. The van der Waals surface area contributed by atoms with Gasteiger partial charge in [-0.1, -0.05) is 37.3 Å². The summed E-state index contributed by atoms with van der Waals surface area (Å²) in [6.07, 6.45) is 5.19. The lowest BCUT2D eigenvalue weighted by Crippen LogP contribution is -2.34. The van der Waals surface area contributed by atoms with Crippen LogP contribution in [0, 0.1) is 11.8 Å². The van der Waals surface area contributed by atoms with Gasteiger partial charge in [-0.05, 0) is 12.8 Å². The van der Waals surface area contributed by atoms with E-state index in [9.17, 15) is 14.4 Å². The molecule has 2 atom stereocenters. The number of carbonyl (C=O) groups is 3. The molecule has 0 spiro atoms. The zero-order valence-corrected chi connectivity index (χ0v) is 14.5. The first-order valence-electron chi connectivity index (χ1n) is 8.11. The molecule has 1 aliphatic carbocycles. The zero-order valence-electron chi connectivity index (χ0n) is 13.7. The molecule has 7 nitrogen and oxygen atoms in total. The number of likely N-dealkylation sites (tertiary alicyclic amines) is 1. The molecule has 24 heavy (non-hydrogen) atoms. The van der Waals surface area contributed by atoms with Gasteiger partial charge in [0.15, 0.2) is 0 Å². The van der Waals surface area contributed by atoms with E-state index in [1.54, 1.807) is 0 Å². The molecular formula is C16H20N4O3S. The highest BCUT2D eigenvalue weighted by molar-refractivity contribution is 7.15. The highest BCUT2D eigenvalue weighted by atomic mass is 32.1. The van der Waals surface area contributed by atoms with Crippen molar-refractivity contribution in [2.24, 2.45) is 11.8 Å². The van der Waals surface area contributed by atoms with Crippen LogP contribution >= 0.6 is 11.3 Å². The molecule has 1 N–H and O–H groups in total. The Morgan fingerprint density at radius 1 is 1.25 bits per heavy atom. The quantitative estimate of drug-likeness (QED) is 0.648. The molecule has 3 rings (SSSR count). The SMILES string of the molecule is CC(C)c1nnc(NC(=O)CCN2C(=O)[C@@H]3CC=CC[C@H]3C2=O)s1. The minimum Gasteiger partial charge on any atom is -0.300 e. The van der Waals surface area contributed by atoms with Gasteiger partial charge in [-0.15, -0.1) is 10.2 Å². The largest absolute Gasteiger partial charge is 0.300 e. The van der Waals surface area contributed by atoms with Crippen LogP contribution in [0.4, 0.5) is 5.13 Å². The third-order valence-corrected chi connectivity index (χ3v) is 5.48.